The molecule has 0 bridgehead atoms. The van der Waals surface area contributed by atoms with E-state index in [4.69, 9.17) is 5.11 Å². The van der Waals surface area contributed by atoms with E-state index in [-0.39, 0.29) is 0 Å². The van der Waals surface area contributed by atoms with E-state index in [1.165, 1.54) is 11.3 Å². The van der Waals surface area contributed by atoms with Crippen LogP contribution in [0.15, 0.2) is 18.0 Å². The number of carboxylic acid groups (broad SMARTS) is 1. The number of aliphatic carboxylic acids is 1. The van der Waals surface area contributed by atoms with Gasteiger partial charge in [-0.1, -0.05) is 6.92 Å². The molecule has 0 aliphatic rings. The summed E-state index contributed by atoms with van der Waals surface area (Å²) in [7, 11) is 0. The van der Waals surface area contributed by atoms with Crippen LogP contribution in [-0.4, -0.2) is 11.1 Å². The Balaban J connectivity index is 2.84. The van der Waals surface area contributed by atoms with Crippen LogP contribution >= 0.6 is 11.3 Å². The van der Waals surface area contributed by atoms with Crippen LogP contribution in [0.5, 0.6) is 0 Å². The number of aryl methyl sites for hydroxylation is 1. The molecule has 70 valence electrons. The highest BCUT2D eigenvalue weighted by atomic mass is 32.1. The zero-order valence-electron chi connectivity index (χ0n) is 7.08. The number of hydrogen-bond acceptors (Lipinski definition) is 2. The zero-order valence-corrected chi connectivity index (χ0v) is 7.90. The minimum atomic E-state index is -1.52. The molecule has 0 atom stereocenters. The normalized spacial score (nSPS) is 11.7. The number of rotatable bonds is 3. The Hall–Kier alpha value is -1.16. The molecule has 0 saturated heterocycles. The molecule has 0 fully saturated rings. The van der Waals surface area contributed by atoms with Gasteiger partial charge in [0.2, 0.25) is 5.83 Å². The van der Waals surface area contributed by atoms with E-state index in [9.17, 15) is 9.18 Å². The lowest BCUT2D eigenvalue weighted by atomic mass is 10.3. The highest BCUT2D eigenvalue weighted by molar-refractivity contribution is 7.12. The van der Waals surface area contributed by atoms with Crippen molar-refractivity contribution in [3.63, 3.8) is 0 Å². The fourth-order valence-electron chi connectivity index (χ4n) is 0.849. The summed E-state index contributed by atoms with van der Waals surface area (Å²) in [6, 6.07) is 3.58. The van der Waals surface area contributed by atoms with E-state index in [2.05, 4.69) is 0 Å². The molecule has 0 unspecified atom stereocenters. The van der Waals surface area contributed by atoms with Gasteiger partial charge >= 0.3 is 5.97 Å². The van der Waals surface area contributed by atoms with Gasteiger partial charge in [-0.05, 0) is 24.6 Å². The van der Waals surface area contributed by atoms with E-state index in [1.54, 1.807) is 6.07 Å². The largest absolute Gasteiger partial charge is 0.476 e. The monoisotopic (exact) mass is 200 g/mol. The second kappa shape index (κ2) is 4.18. The molecule has 0 aliphatic heterocycles. The van der Waals surface area contributed by atoms with Crippen LogP contribution in [0.25, 0.3) is 6.08 Å². The van der Waals surface area contributed by atoms with E-state index in [1.807, 2.05) is 13.0 Å². The molecule has 0 saturated carbocycles. The zero-order chi connectivity index (χ0) is 9.84. The first-order chi connectivity index (χ1) is 6.13. The standard InChI is InChI=1S/C9H9FO2S/c1-2-6-3-4-7(13-6)5-8(10)9(11)12/h3-5H,2H2,1H3,(H,11,12). The Morgan fingerprint density at radius 1 is 1.69 bits per heavy atom. The van der Waals surface area contributed by atoms with Gasteiger partial charge in [0.1, 0.15) is 0 Å². The maximum Gasteiger partial charge on any atom is 0.364 e. The predicted octanol–water partition coefficient (Wildman–Crippen LogP) is 2.71. The van der Waals surface area contributed by atoms with Crippen molar-refractivity contribution in [2.24, 2.45) is 0 Å². The number of carboxylic acids is 1. The molecule has 1 heterocycles. The molecule has 1 rings (SSSR count). The molecule has 1 aromatic heterocycles. The smallest absolute Gasteiger partial charge is 0.364 e. The van der Waals surface area contributed by atoms with Crippen molar-refractivity contribution in [1.29, 1.82) is 0 Å². The quantitative estimate of drug-likeness (QED) is 0.762. The Labute approximate surface area is 79.3 Å². The first-order valence-electron chi connectivity index (χ1n) is 3.82. The van der Waals surface area contributed by atoms with Gasteiger partial charge in [-0.15, -0.1) is 11.3 Å². The van der Waals surface area contributed by atoms with Crippen LogP contribution in [0.3, 0.4) is 0 Å². The molecule has 1 N–H and O–H groups in total. The second-order valence-corrected chi connectivity index (χ2v) is 3.65. The summed E-state index contributed by atoms with van der Waals surface area (Å²) in [4.78, 5) is 11.9. The molecule has 4 heteroatoms. The Kier molecular flexibility index (Phi) is 3.19. The Bertz CT molecular complexity index is 341. The second-order valence-electron chi connectivity index (χ2n) is 2.46. The van der Waals surface area contributed by atoms with E-state index >= 15 is 0 Å². The molecule has 13 heavy (non-hydrogen) atoms. The highest BCUT2D eigenvalue weighted by Gasteiger charge is 2.05. The fraction of sp³-hybridized carbons (Fsp3) is 0.222. The first kappa shape index (κ1) is 9.92. The predicted molar refractivity (Wildman–Crippen MR) is 50.4 cm³/mol. The van der Waals surface area contributed by atoms with Crippen LogP contribution in [0, 0.1) is 0 Å². The number of halogens is 1. The third-order valence-electron chi connectivity index (χ3n) is 1.50. The first-order valence-corrected chi connectivity index (χ1v) is 4.64. The van der Waals surface area contributed by atoms with Crippen molar-refractivity contribution in [1.82, 2.24) is 0 Å². The van der Waals surface area contributed by atoms with E-state index in [0.29, 0.717) is 4.88 Å². The molecular formula is C9H9FO2S. The van der Waals surface area contributed by atoms with Crippen LogP contribution in [-0.2, 0) is 11.2 Å². The third kappa shape index (κ3) is 2.66. The van der Waals surface area contributed by atoms with Gasteiger partial charge in [0, 0.05) is 9.75 Å². The topological polar surface area (TPSA) is 37.3 Å². The highest BCUT2D eigenvalue weighted by Crippen LogP contribution is 2.20. The molecule has 1 aromatic rings. The Morgan fingerprint density at radius 3 is 2.85 bits per heavy atom. The lowest BCUT2D eigenvalue weighted by Crippen LogP contribution is -1.93. The summed E-state index contributed by atoms with van der Waals surface area (Å²) in [5.41, 5.74) is 0. The maximum absolute atomic E-state index is 12.6. The van der Waals surface area contributed by atoms with Gasteiger partial charge in [0.25, 0.3) is 0 Å². The van der Waals surface area contributed by atoms with Gasteiger partial charge in [0.15, 0.2) is 0 Å². The summed E-state index contributed by atoms with van der Waals surface area (Å²) < 4.78 is 12.6. The molecule has 0 amide bonds. The van der Waals surface area contributed by atoms with Crippen molar-refractivity contribution in [3.8, 4) is 0 Å². The number of hydrogen-bond donors (Lipinski definition) is 1. The van der Waals surface area contributed by atoms with Crippen LogP contribution in [0.4, 0.5) is 4.39 Å². The SMILES string of the molecule is CCc1ccc(C=C(F)C(=O)O)s1. The minimum Gasteiger partial charge on any atom is -0.476 e. The minimum absolute atomic E-state index is 0.636. The molecule has 0 spiro atoms. The number of thiophene rings is 1. The van der Waals surface area contributed by atoms with Crippen molar-refractivity contribution in [2.75, 3.05) is 0 Å². The lowest BCUT2D eigenvalue weighted by molar-refractivity contribution is -0.134. The van der Waals surface area contributed by atoms with Crippen molar-refractivity contribution < 1.29 is 14.3 Å². The fourth-order valence-corrected chi connectivity index (χ4v) is 1.73. The molecule has 2 nitrogen and oxygen atoms in total. The van der Waals surface area contributed by atoms with Crippen LogP contribution < -0.4 is 0 Å². The molecule has 0 aliphatic carbocycles. The van der Waals surface area contributed by atoms with Gasteiger partial charge in [-0.3, -0.25) is 0 Å². The van der Waals surface area contributed by atoms with Gasteiger partial charge in [-0.25, -0.2) is 4.79 Å². The van der Waals surface area contributed by atoms with E-state index < -0.39 is 11.8 Å². The van der Waals surface area contributed by atoms with Crippen molar-refractivity contribution in [3.05, 3.63) is 27.7 Å². The van der Waals surface area contributed by atoms with Crippen molar-refractivity contribution in [2.45, 2.75) is 13.3 Å². The summed E-state index contributed by atoms with van der Waals surface area (Å²) in [5.74, 6) is -2.64. The third-order valence-corrected chi connectivity index (χ3v) is 2.68. The Morgan fingerprint density at radius 2 is 2.38 bits per heavy atom. The number of carbonyl (C=O) groups is 1. The van der Waals surface area contributed by atoms with Crippen molar-refractivity contribution >= 4 is 23.4 Å². The van der Waals surface area contributed by atoms with Gasteiger partial charge in [-0.2, -0.15) is 4.39 Å². The molecular weight excluding hydrogens is 191 g/mol. The summed E-state index contributed by atoms with van der Waals surface area (Å²) in [5, 5.41) is 8.27. The maximum atomic E-state index is 12.6. The van der Waals surface area contributed by atoms with Crippen LogP contribution in [0.1, 0.15) is 16.7 Å². The summed E-state index contributed by atoms with van der Waals surface area (Å²) in [6.45, 7) is 1.99. The average Bonchev–Trinajstić information content (AvgIpc) is 2.52. The van der Waals surface area contributed by atoms with Gasteiger partial charge in [0.05, 0.1) is 0 Å². The van der Waals surface area contributed by atoms with E-state index in [0.717, 1.165) is 17.4 Å². The van der Waals surface area contributed by atoms with Crippen LogP contribution in [0.2, 0.25) is 0 Å². The summed E-state index contributed by atoms with van der Waals surface area (Å²) >= 11 is 1.40. The average molecular weight is 200 g/mol. The summed E-state index contributed by atoms with van der Waals surface area (Å²) in [6.07, 6.45) is 1.92. The molecule has 0 radical (unpaired) electrons. The van der Waals surface area contributed by atoms with Gasteiger partial charge < -0.3 is 5.11 Å². The molecule has 0 aromatic carbocycles. The lowest BCUT2D eigenvalue weighted by Gasteiger charge is -1.86.